The number of rotatable bonds is 2. The quantitative estimate of drug-likeness (QED) is 0.627. The molecule has 2 amide bonds. The van der Waals surface area contributed by atoms with E-state index in [-0.39, 0.29) is 0 Å². The number of thiophene rings is 1. The van der Waals surface area contributed by atoms with Crippen molar-refractivity contribution in [3.8, 4) is 0 Å². The monoisotopic (exact) mass is 184 g/mol. The third-order valence-corrected chi connectivity index (χ3v) is 2.10. The minimum Gasteiger partial charge on any atom is -0.361 e. The van der Waals surface area contributed by atoms with Gasteiger partial charge in [0, 0.05) is 4.88 Å². The highest BCUT2D eigenvalue weighted by Gasteiger charge is 2.06. The van der Waals surface area contributed by atoms with Crippen molar-refractivity contribution in [1.29, 1.82) is 0 Å². The van der Waals surface area contributed by atoms with Crippen LogP contribution in [0, 0.1) is 0 Å². The maximum Gasteiger partial charge on any atom is 0.309 e. The van der Waals surface area contributed by atoms with Crippen molar-refractivity contribution in [2.45, 2.75) is 6.54 Å². The molecule has 1 rings (SSSR count). The Hall–Kier alpha value is -1.36. The minimum absolute atomic E-state index is 0.361. The second kappa shape index (κ2) is 3.87. The summed E-state index contributed by atoms with van der Waals surface area (Å²) in [7, 11) is 0. The second-order valence-electron chi connectivity index (χ2n) is 2.13. The van der Waals surface area contributed by atoms with Crippen LogP contribution in [-0.4, -0.2) is 11.8 Å². The molecule has 4 nitrogen and oxygen atoms in total. The van der Waals surface area contributed by atoms with E-state index in [1.807, 2.05) is 17.5 Å². The molecule has 0 atom stereocenters. The summed E-state index contributed by atoms with van der Waals surface area (Å²) < 4.78 is 0. The van der Waals surface area contributed by atoms with Gasteiger partial charge in [-0.25, -0.2) is 0 Å². The average molecular weight is 184 g/mol. The van der Waals surface area contributed by atoms with E-state index in [4.69, 9.17) is 5.73 Å². The topological polar surface area (TPSA) is 72.2 Å². The van der Waals surface area contributed by atoms with Crippen LogP contribution in [0.15, 0.2) is 17.5 Å². The van der Waals surface area contributed by atoms with Gasteiger partial charge in [0.25, 0.3) is 0 Å². The molecule has 0 aliphatic heterocycles. The molecule has 5 heteroatoms. The van der Waals surface area contributed by atoms with Crippen LogP contribution in [0.5, 0.6) is 0 Å². The Morgan fingerprint density at radius 3 is 2.83 bits per heavy atom. The maximum atomic E-state index is 10.7. The Morgan fingerprint density at radius 1 is 1.58 bits per heavy atom. The van der Waals surface area contributed by atoms with Crippen LogP contribution in [-0.2, 0) is 16.1 Å². The molecule has 12 heavy (non-hydrogen) atoms. The fraction of sp³-hybridized carbons (Fsp3) is 0.143. The molecule has 0 aliphatic carbocycles. The van der Waals surface area contributed by atoms with Crippen molar-refractivity contribution in [3.05, 3.63) is 22.4 Å². The molecule has 1 aromatic rings. The van der Waals surface area contributed by atoms with Gasteiger partial charge in [-0.1, -0.05) is 6.07 Å². The van der Waals surface area contributed by atoms with Gasteiger partial charge in [-0.15, -0.1) is 11.3 Å². The number of carbonyl (C=O) groups excluding carboxylic acids is 2. The predicted molar refractivity (Wildman–Crippen MR) is 45.4 cm³/mol. The van der Waals surface area contributed by atoms with Crippen LogP contribution in [0.1, 0.15) is 4.88 Å². The summed E-state index contributed by atoms with van der Waals surface area (Å²) in [5.41, 5.74) is 4.73. The molecule has 0 aromatic carbocycles. The summed E-state index contributed by atoms with van der Waals surface area (Å²) in [6.45, 7) is 0.361. The zero-order valence-electron chi connectivity index (χ0n) is 6.24. The van der Waals surface area contributed by atoms with Crippen molar-refractivity contribution in [3.63, 3.8) is 0 Å². The van der Waals surface area contributed by atoms with Gasteiger partial charge < -0.3 is 11.1 Å². The normalized spacial score (nSPS) is 9.33. The summed E-state index contributed by atoms with van der Waals surface area (Å²) in [5.74, 6) is -1.70. The van der Waals surface area contributed by atoms with Crippen LogP contribution >= 0.6 is 11.3 Å². The number of hydrogen-bond acceptors (Lipinski definition) is 3. The van der Waals surface area contributed by atoms with Crippen LogP contribution in [0.2, 0.25) is 0 Å². The largest absolute Gasteiger partial charge is 0.361 e. The number of hydrogen-bond donors (Lipinski definition) is 2. The Morgan fingerprint density at radius 2 is 2.33 bits per heavy atom. The van der Waals surface area contributed by atoms with E-state index in [9.17, 15) is 9.59 Å². The first kappa shape index (κ1) is 8.73. The van der Waals surface area contributed by atoms with Crippen LogP contribution in [0.3, 0.4) is 0 Å². The molecule has 0 aliphatic rings. The fourth-order valence-corrected chi connectivity index (χ4v) is 1.31. The molecule has 0 saturated heterocycles. The van der Waals surface area contributed by atoms with Crippen LogP contribution in [0.4, 0.5) is 0 Å². The van der Waals surface area contributed by atoms with Gasteiger partial charge in [-0.05, 0) is 11.4 Å². The number of carbonyl (C=O) groups is 2. The van der Waals surface area contributed by atoms with Gasteiger partial charge in [0.15, 0.2) is 0 Å². The van der Waals surface area contributed by atoms with E-state index >= 15 is 0 Å². The highest BCUT2D eigenvalue weighted by molar-refractivity contribution is 7.09. The van der Waals surface area contributed by atoms with Crippen molar-refractivity contribution in [1.82, 2.24) is 5.32 Å². The van der Waals surface area contributed by atoms with E-state index < -0.39 is 11.8 Å². The smallest absolute Gasteiger partial charge is 0.309 e. The highest BCUT2D eigenvalue weighted by Crippen LogP contribution is 2.06. The van der Waals surface area contributed by atoms with Gasteiger partial charge in [-0.2, -0.15) is 0 Å². The second-order valence-corrected chi connectivity index (χ2v) is 3.16. The molecule has 1 heterocycles. The molecule has 1 aromatic heterocycles. The molecule has 3 N–H and O–H groups in total. The zero-order valence-corrected chi connectivity index (χ0v) is 7.06. The molecule has 0 unspecified atom stereocenters. The van der Waals surface area contributed by atoms with Crippen molar-refractivity contribution < 1.29 is 9.59 Å². The molecule has 0 saturated carbocycles. The van der Waals surface area contributed by atoms with E-state index in [2.05, 4.69) is 5.32 Å². The lowest BCUT2D eigenvalue weighted by Gasteiger charge is -1.98. The predicted octanol–water partition coefficient (Wildman–Crippen LogP) is -0.150. The lowest BCUT2D eigenvalue weighted by atomic mass is 10.4. The van der Waals surface area contributed by atoms with Gasteiger partial charge in [0.2, 0.25) is 0 Å². The van der Waals surface area contributed by atoms with Gasteiger partial charge >= 0.3 is 11.8 Å². The van der Waals surface area contributed by atoms with Gasteiger partial charge in [-0.3, -0.25) is 9.59 Å². The van der Waals surface area contributed by atoms with Gasteiger partial charge in [0.1, 0.15) is 0 Å². The Kier molecular flexibility index (Phi) is 2.82. The first-order valence-electron chi connectivity index (χ1n) is 3.30. The lowest BCUT2D eigenvalue weighted by Crippen LogP contribution is -2.35. The molecule has 0 fully saturated rings. The minimum atomic E-state index is -0.952. The standard InChI is InChI=1S/C7H8N2O2S/c8-6(10)7(11)9-4-5-2-1-3-12-5/h1-3H,4H2,(H2,8,10)(H,9,11). The third-order valence-electron chi connectivity index (χ3n) is 1.23. The average Bonchev–Trinajstić information content (AvgIpc) is 2.51. The summed E-state index contributed by atoms with van der Waals surface area (Å²) in [4.78, 5) is 21.9. The van der Waals surface area contributed by atoms with E-state index in [0.717, 1.165) is 4.88 Å². The summed E-state index contributed by atoms with van der Waals surface area (Å²) in [6, 6.07) is 3.74. The number of nitrogens with two attached hydrogens (primary N) is 1. The summed E-state index contributed by atoms with van der Waals surface area (Å²) in [5, 5.41) is 4.28. The molecular formula is C7H8N2O2S. The van der Waals surface area contributed by atoms with E-state index in [1.54, 1.807) is 0 Å². The summed E-state index contributed by atoms with van der Waals surface area (Å²) >= 11 is 1.51. The number of amides is 2. The van der Waals surface area contributed by atoms with Crippen molar-refractivity contribution in [2.75, 3.05) is 0 Å². The Balaban J connectivity index is 2.37. The summed E-state index contributed by atoms with van der Waals surface area (Å²) in [6.07, 6.45) is 0. The molecule has 0 radical (unpaired) electrons. The van der Waals surface area contributed by atoms with E-state index in [1.165, 1.54) is 11.3 Å². The molecule has 0 bridgehead atoms. The molecular weight excluding hydrogens is 176 g/mol. The number of nitrogens with one attached hydrogen (secondary N) is 1. The third kappa shape index (κ3) is 2.35. The van der Waals surface area contributed by atoms with Crippen LogP contribution < -0.4 is 11.1 Å². The van der Waals surface area contributed by atoms with E-state index in [0.29, 0.717) is 6.54 Å². The fourth-order valence-electron chi connectivity index (χ4n) is 0.668. The lowest BCUT2D eigenvalue weighted by molar-refractivity contribution is -0.137. The SMILES string of the molecule is NC(=O)C(=O)NCc1cccs1. The highest BCUT2D eigenvalue weighted by atomic mass is 32.1. The number of primary amides is 1. The van der Waals surface area contributed by atoms with Crippen molar-refractivity contribution >= 4 is 23.2 Å². The van der Waals surface area contributed by atoms with Gasteiger partial charge in [0.05, 0.1) is 6.54 Å². The Labute approximate surface area is 73.4 Å². The molecule has 0 spiro atoms. The molecule has 64 valence electrons. The Bertz CT molecular complexity index is 282. The van der Waals surface area contributed by atoms with Crippen LogP contribution in [0.25, 0.3) is 0 Å². The first-order valence-corrected chi connectivity index (χ1v) is 4.18. The first-order chi connectivity index (χ1) is 5.70. The maximum absolute atomic E-state index is 10.7. The zero-order chi connectivity index (χ0) is 8.97. The van der Waals surface area contributed by atoms with Crippen molar-refractivity contribution in [2.24, 2.45) is 5.73 Å².